The van der Waals surface area contributed by atoms with Gasteiger partial charge >= 0.3 is 5.97 Å². The van der Waals surface area contributed by atoms with Gasteiger partial charge in [0.05, 0.1) is 6.10 Å². The van der Waals surface area contributed by atoms with E-state index in [1.807, 2.05) is 6.08 Å². The fraction of sp³-hybridized carbons (Fsp3) is 0.800. The van der Waals surface area contributed by atoms with Gasteiger partial charge in [-0.25, -0.2) is 0 Å². The number of carbonyl (C=O) groups is 2. The Morgan fingerprint density at radius 3 is 2.42 bits per heavy atom. The van der Waals surface area contributed by atoms with Gasteiger partial charge in [-0.15, -0.1) is 0 Å². The molecule has 1 fully saturated rings. The number of hydrogen-bond acceptors (Lipinski definition) is 3. The van der Waals surface area contributed by atoms with Crippen LogP contribution in [0.2, 0.25) is 0 Å². The summed E-state index contributed by atoms with van der Waals surface area (Å²) < 4.78 is 0. The molecule has 4 heteroatoms. The number of rotatable bonds is 13. The Bertz CT molecular complexity index is 402. The lowest BCUT2D eigenvalue weighted by molar-refractivity contribution is -0.137. The van der Waals surface area contributed by atoms with Gasteiger partial charge in [0.2, 0.25) is 0 Å². The van der Waals surface area contributed by atoms with E-state index in [0.717, 1.165) is 44.9 Å². The normalized spacial score (nSPS) is 23.8. The van der Waals surface area contributed by atoms with Crippen LogP contribution in [0.3, 0.4) is 0 Å². The Balaban J connectivity index is 2.30. The molecule has 0 aromatic carbocycles. The summed E-state index contributed by atoms with van der Waals surface area (Å²) in [7, 11) is 0. The van der Waals surface area contributed by atoms with E-state index in [2.05, 4.69) is 6.92 Å². The van der Waals surface area contributed by atoms with Gasteiger partial charge in [0.15, 0.2) is 5.78 Å². The molecule has 1 saturated carbocycles. The predicted molar refractivity (Wildman–Crippen MR) is 95.8 cm³/mol. The van der Waals surface area contributed by atoms with Crippen molar-refractivity contribution in [1.82, 2.24) is 0 Å². The van der Waals surface area contributed by atoms with E-state index in [-0.39, 0.29) is 24.2 Å². The Morgan fingerprint density at radius 2 is 1.71 bits per heavy atom. The van der Waals surface area contributed by atoms with Crippen LogP contribution in [0.1, 0.15) is 84.0 Å². The van der Waals surface area contributed by atoms with E-state index in [0.29, 0.717) is 18.8 Å². The first kappa shape index (κ1) is 20.9. The number of carbonyl (C=O) groups excluding carboxylic acids is 1. The first-order valence-corrected chi connectivity index (χ1v) is 9.65. The molecule has 0 aromatic heterocycles. The average molecular weight is 338 g/mol. The smallest absolute Gasteiger partial charge is 0.303 e. The molecule has 0 aromatic rings. The zero-order valence-corrected chi connectivity index (χ0v) is 15.1. The van der Waals surface area contributed by atoms with E-state index in [1.165, 1.54) is 12.8 Å². The predicted octanol–water partition coefficient (Wildman–Crippen LogP) is 4.50. The third-order valence-electron chi connectivity index (χ3n) is 5.07. The van der Waals surface area contributed by atoms with Crippen LogP contribution in [0.15, 0.2) is 12.2 Å². The van der Waals surface area contributed by atoms with Crippen molar-refractivity contribution < 1.29 is 19.8 Å². The van der Waals surface area contributed by atoms with Crippen LogP contribution < -0.4 is 0 Å². The first-order valence-electron chi connectivity index (χ1n) is 9.65. The van der Waals surface area contributed by atoms with Crippen LogP contribution in [0.4, 0.5) is 0 Å². The maximum Gasteiger partial charge on any atom is 0.303 e. The highest BCUT2D eigenvalue weighted by Crippen LogP contribution is 2.36. The van der Waals surface area contributed by atoms with Crippen molar-refractivity contribution in [2.75, 3.05) is 0 Å². The lowest BCUT2D eigenvalue weighted by atomic mass is 9.88. The van der Waals surface area contributed by atoms with Gasteiger partial charge in [0, 0.05) is 12.8 Å². The van der Waals surface area contributed by atoms with E-state index in [9.17, 15) is 14.7 Å². The Morgan fingerprint density at radius 1 is 1.00 bits per heavy atom. The molecule has 3 atom stereocenters. The minimum atomic E-state index is -0.742. The van der Waals surface area contributed by atoms with E-state index in [4.69, 9.17) is 5.11 Å². The van der Waals surface area contributed by atoms with Crippen LogP contribution in [-0.2, 0) is 9.59 Å². The van der Waals surface area contributed by atoms with Crippen molar-refractivity contribution in [1.29, 1.82) is 0 Å². The van der Waals surface area contributed by atoms with Gasteiger partial charge < -0.3 is 10.2 Å². The minimum Gasteiger partial charge on any atom is -0.481 e. The summed E-state index contributed by atoms with van der Waals surface area (Å²) in [6, 6.07) is 0. The molecular weight excluding hydrogens is 304 g/mol. The summed E-state index contributed by atoms with van der Waals surface area (Å²) in [5, 5.41) is 18.8. The highest BCUT2D eigenvalue weighted by molar-refractivity contribution is 5.89. The molecule has 2 N–H and O–H groups in total. The second kappa shape index (κ2) is 12.2. The Hall–Kier alpha value is -1.16. The molecule has 138 valence electrons. The number of unbranched alkanes of at least 4 members (excludes halogenated alkanes) is 5. The third-order valence-corrected chi connectivity index (χ3v) is 5.07. The molecule has 4 nitrogen and oxygen atoms in total. The van der Waals surface area contributed by atoms with E-state index in [1.54, 1.807) is 6.08 Å². The fourth-order valence-electron chi connectivity index (χ4n) is 3.60. The van der Waals surface area contributed by atoms with Gasteiger partial charge in [-0.2, -0.15) is 0 Å². The molecule has 0 spiro atoms. The topological polar surface area (TPSA) is 74.6 Å². The lowest BCUT2D eigenvalue weighted by Crippen LogP contribution is -2.18. The number of allylic oxidation sites excluding steroid dienone is 2. The largest absolute Gasteiger partial charge is 0.481 e. The number of aliphatic carboxylic acids is 1. The highest BCUT2D eigenvalue weighted by Gasteiger charge is 2.32. The molecule has 0 heterocycles. The second-order valence-corrected chi connectivity index (χ2v) is 7.10. The molecule has 1 aliphatic rings. The second-order valence-electron chi connectivity index (χ2n) is 7.10. The maximum absolute atomic E-state index is 11.9. The first-order chi connectivity index (χ1) is 11.5. The van der Waals surface area contributed by atoms with Crippen molar-refractivity contribution in [3.05, 3.63) is 12.2 Å². The number of ketones is 1. The quantitative estimate of drug-likeness (QED) is 0.383. The SMILES string of the molecule is CCCCCCC(=O)/C=C/C1CCC(O)C1CCCCCC(=O)O. The van der Waals surface area contributed by atoms with Crippen LogP contribution in [0.25, 0.3) is 0 Å². The zero-order valence-electron chi connectivity index (χ0n) is 15.1. The van der Waals surface area contributed by atoms with Crippen molar-refractivity contribution in [2.45, 2.75) is 90.1 Å². The van der Waals surface area contributed by atoms with Gasteiger partial charge in [-0.05, 0) is 50.0 Å². The number of aliphatic hydroxyl groups excluding tert-OH is 1. The summed E-state index contributed by atoms with van der Waals surface area (Å²) in [6.45, 7) is 2.16. The van der Waals surface area contributed by atoms with Gasteiger partial charge in [0.25, 0.3) is 0 Å². The van der Waals surface area contributed by atoms with Crippen molar-refractivity contribution in [2.24, 2.45) is 11.8 Å². The molecule has 0 radical (unpaired) electrons. The van der Waals surface area contributed by atoms with Crippen molar-refractivity contribution in [3.63, 3.8) is 0 Å². The zero-order chi connectivity index (χ0) is 17.8. The van der Waals surface area contributed by atoms with Crippen LogP contribution >= 0.6 is 0 Å². The minimum absolute atomic E-state index is 0.202. The Kier molecular flexibility index (Phi) is 10.6. The molecule has 1 rings (SSSR count). The van der Waals surface area contributed by atoms with Gasteiger partial charge in [-0.1, -0.05) is 45.1 Å². The van der Waals surface area contributed by atoms with Crippen LogP contribution in [0.5, 0.6) is 0 Å². The summed E-state index contributed by atoms with van der Waals surface area (Å²) in [6.07, 6.45) is 14.0. The lowest BCUT2D eigenvalue weighted by Gasteiger charge is -2.19. The molecule has 0 bridgehead atoms. The molecule has 1 aliphatic carbocycles. The molecule has 3 unspecified atom stereocenters. The number of hydrogen-bond donors (Lipinski definition) is 2. The number of carboxylic acid groups (broad SMARTS) is 1. The van der Waals surface area contributed by atoms with Crippen molar-refractivity contribution >= 4 is 11.8 Å². The van der Waals surface area contributed by atoms with Gasteiger partial charge in [0.1, 0.15) is 0 Å². The van der Waals surface area contributed by atoms with Gasteiger partial charge in [-0.3, -0.25) is 9.59 Å². The summed E-state index contributed by atoms with van der Waals surface area (Å²) in [4.78, 5) is 22.4. The summed E-state index contributed by atoms with van der Waals surface area (Å²) in [5.41, 5.74) is 0. The third kappa shape index (κ3) is 8.62. The van der Waals surface area contributed by atoms with Crippen LogP contribution in [-0.4, -0.2) is 28.1 Å². The molecule has 0 aliphatic heterocycles. The maximum atomic E-state index is 11.9. The van der Waals surface area contributed by atoms with Crippen molar-refractivity contribution in [3.8, 4) is 0 Å². The standard InChI is InChI=1S/C20H34O4/c1-2-3-4-6-9-17(21)14-12-16-13-15-19(22)18(16)10-7-5-8-11-20(23)24/h12,14,16,18-19,22H,2-11,13,15H2,1H3,(H,23,24)/b14-12+. The van der Waals surface area contributed by atoms with E-state index < -0.39 is 5.97 Å². The monoisotopic (exact) mass is 338 g/mol. The average Bonchev–Trinajstić information content (AvgIpc) is 2.89. The summed E-state index contributed by atoms with van der Waals surface area (Å²) in [5.74, 6) is -0.0279. The Labute approximate surface area is 146 Å². The van der Waals surface area contributed by atoms with Crippen LogP contribution in [0, 0.1) is 11.8 Å². The fourth-order valence-corrected chi connectivity index (χ4v) is 3.60. The molecule has 0 amide bonds. The van der Waals surface area contributed by atoms with E-state index >= 15 is 0 Å². The molecule has 24 heavy (non-hydrogen) atoms. The highest BCUT2D eigenvalue weighted by atomic mass is 16.4. The summed E-state index contributed by atoms with van der Waals surface area (Å²) >= 11 is 0. The number of carboxylic acids is 1. The number of aliphatic hydroxyl groups is 1. The molecular formula is C20H34O4. The molecule has 0 saturated heterocycles.